The summed E-state index contributed by atoms with van der Waals surface area (Å²) in [6.07, 6.45) is -1.07. The Labute approximate surface area is 99.7 Å². The summed E-state index contributed by atoms with van der Waals surface area (Å²) in [6, 6.07) is 8.58. The van der Waals surface area contributed by atoms with Gasteiger partial charge in [-0.2, -0.15) is 0 Å². The molecule has 5 nitrogen and oxygen atoms in total. The van der Waals surface area contributed by atoms with Gasteiger partial charge in [0.05, 0.1) is 7.11 Å². The second kappa shape index (κ2) is 6.65. The highest BCUT2D eigenvalue weighted by Crippen LogP contribution is 2.00. The molecule has 0 aliphatic rings. The van der Waals surface area contributed by atoms with Crippen molar-refractivity contribution in [3.63, 3.8) is 0 Å². The van der Waals surface area contributed by atoms with Crippen molar-refractivity contribution >= 4 is 11.9 Å². The van der Waals surface area contributed by atoms with Crippen molar-refractivity contribution in [2.45, 2.75) is 13.2 Å². The van der Waals surface area contributed by atoms with Crippen molar-refractivity contribution in [2.75, 3.05) is 13.7 Å². The van der Waals surface area contributed by atoms with Crippen molar-refractivity contribution in [3.8, 4) is 0 Å². The molecule has 1 atom stereocenters. The van der Waals surface area contributed by atoms with E-state index < -0.39 is 12.2 Å². The summed E-state index contributed by atoms with van der Waals surface area (Å²) < 4.78 is 9.60. The number of rotatable bonds is 5. The van der Waals surface area contributed by atoms with Crippen LogP contribution in [0.15, 0.2) is 30.3 Å². The molecule has 1 aromatic rings. The molecule has 0 aliphatic carbocycles. The number of amides is 1. The number of carbonyl (C=O) groups excluding carboxylic acids is 2. The van der Waals surface area contributed by atoms with E-state index in [-0.39, 0.29) is 5.91 Å². The van der Waals surface area contributed by atoms with Gasteiger partial charge >= 0.3 is 5.97 Å². The molecular formula is C12H15NO4. The molecule has 92 valence electrons. The Morgan fingerprint density at radius 2 is 1.94 bits per heavy atom. The molecule has 1 N–H and O–H groups in total. The predicted molar refractivity (Wildman–Crippen MR) is 61.3 cm³/mol. The van der Waals surface area contributed by atoms with Gasteiger partial charge in [0.1, 0.15) is 0 Å². The number of hydrogen-bond acceptors (Lipinski definition) is 4. The van der Waals surface area contributed by atoms with E-state index in [9.17, 15) is 9.59 Å². The zero-order valence-corrected chi connectivity index (χ0v) is 9.80. The Morgan fingerprint density at radius 1 is 1.29 bits per heavy atom. The van der Waals surface area contributed by atoms with Gasteiger partial charge in [-0.1, -0.05) is 18.2 Å². The van der Waals surface area contributed by atoms with Crippen LogP contribution in [0.2, 0.25) is 0 Å². The third kappa shape index (κ3) is 3.88. The van der Waals surface area contributed by atoms with E-state index in [2.05, 4.69) is 10.1 Å². The van der Waals surface area contributed by atoms with E-state index in [0.29, 0.717) is 12.2 Å². The largest absolute Gasteiger partial charge is 0.466 e. The lowest BCUT2D eigenvalue weighted by Crippen LogP contribution is -2.43. The lowest BCUT2D eigenvalue weighted by atomic mass is 10.2. The molecular weight excluding hydrogens is 222 g/mol. The summed E-state index contributed by atoms with van der Waals surface area (Å²) in [4.78, 5) is 23.1. The highest BCUT2D eigenvalue weighted by atomic mass is 16.6. The molecule has 1 rings (SSSR count). The van der Waals surface area contributed by atoms with Gasteiger partial charge in [0, 0.05) is 12.2 Å². The third-order valence-corrected chi connectivity index (χ3v) is 2.05. The summed E-state index contributed by atoms with van der Waals surface area (Å²) in [6.45, 7) is 2.03. The molecule has 0 aromatic heterocycles. The van der Waals surface area contributed by atoms with Crippen LogP contribution in [0.25, 0.3) is 0 Å². The van der Waals surface area contributed by atoms with Gasteiger partial charge < -0.3 is 14.8 Å². The second-order valence-electron chi connectivity index (χ2n) is 3.20. The minimum absolute atomic E-state index is 0.300. The first kappa shape index (κ1) is 13.2. The standard InChI is InChI=1S/C12H15NO4/c1-3-17-11(12(15)16-2)13-10(14)9-7-5-4-6-8-9/h4-8,11H,3H2,1-2H3,(H,13,14). The highest BCUT2D eigenvalue weighted by molar-refractivity contribution is 5.96. The first-order valence-corrected chi connectivity index (χ1v) is 5.24. The molecule has 0 fully saturated rings. The Hall–Kier alpha value is -1.88. The Morgan fingerprint density at radius 3 is 2.47 bits per heavy atom. The lowest BCUT2D eigenvalue weighted by molar-refractivity contribution is -0.155. The van der Waals surface area contributed by atoms with Crippen LogP contribution in [-0.4, -0.2) is 31.8 Å². The third-order valence-electron chi connectivity index (χ3n) is 2.05. The van der Waals surface area contributed by atoms with Gasteiger partial charge in [-0.15, -0.1) is 0 Å². The second-order valence-corrected chi connectivity index (χ2v) is 3.20. The molecule has 0 saturated carbocycles. The molecule has 0 heterocycles. The first-order chi connectivity index (χ1) is 8.19. The zero-order chi connectivity index (χ0) is 12.7. The summed E-state index contributed by atoms with van der Waals surface area (Å²) in [5.74, 6) is -1.01. The minimum atomic E-state index is -1.07. The van der Waals surface area contributed by atoms with E-state index in [0.717, 1.165) is 0 Å². The van der Waals surface area contributed by atoms with Gasteiger partial charge in [-0.05, 0) is 19.1 Å². The highest BCUT2D eigenvalue weighted by Gasteiger charge is 2.21. The fraction of sp³-hybridized carbons (Fsp3) is 0.333. The van der Waals surface area contributed by atoms with E-state index in [4.69, 9.17) is 4.74 Å². The van der Waals surface area contributed by atoms with E-state index in [1.54, 1.807) is 37.3 Å². The van der Waals surface area contributed by atoms with Gasteiger partial charge in [-0.3, -0.25) is 4.79 Å². The summed E-state index contributed by atoms with van der Waals surface area (Å²) in [5, 5.41) is 2.45. The molecule has 1 unspecified atom stereocenters. The minimum Gasteiger partial charge on any atom is -0.466 e. The smallest absolute Gasteiger partial charge is 0.356 e. The average Bonchev–Trinajstić information content (AvgIpc) is 2.38. The number of esters is 1. The normalized spacial score (nSPS) is 11.6. The number of ether oxygens (including phenoxy) is 2. The van der Waals surface area contributed by atoms with Crippen LogP contribution in [0.3, 0.4) is 0 Å². The lowest BCUT2D eigenvalue weighted by Gasteiger charge is -2.15. The number of nitrogens with one attached hydrogen (secondary N) is 1. The van der Waals surface area contributed by atoms with Crippen LogP contribution in [0.5, 0.6) is 0 Å². The molecule has 0 spiro atoms. The molecule has 1 amide bonds. The fourth-order valence-corrected chi connectivity index (χ4v) is 1.23. The van der Waals surface area contributed by atoms with Gasteiger partial charge in [0.2, 0.25) is 6.23 Å². The molecule has 0 aliphatic heterocycles. The summed E-state index contributed by atoms with van der Waals surface area (Å²) >= 11 is 0. The Bertz CT molecular complexity index is 377. The van der Waals surface area contributed by atoms with Crippen LogP contribution in [0.4, 0.5) is 0 Å². The zero-order valence-electron chi connectivity index (χ0n) is 9.80. The monoisotopic (exact) mass is 237 g/mol. The van der Waals surface area contributed by atoms with Crippen molar-refractivity contribution in [2.24, 2.45) is 0 Å². The van der Waals surface area contributed by atoms with Gasteiger partial charge in [0.25, 0.3) is 5.91 Å². The Balaban J connectivity index is 2.67. The van der Waals surface area contributed by atoms with E-state index in [1.807, 2.05) is 0 Å². The van der Waals surface area contributed by atoms with Crippen LogP contribution >= 0.6 is 0 Å². The number of methoxy groups -OCH3 is 1. The van der Waals surface area contributed by atoms with Gasteiger partial charge in [-0.25, -0.2) is 4.79 Å². The van der Waals surface area contributed by atoms with Crippen molar-refractivity contribution in [1.82, 2.24) is 5.32 Å². The molecule has 0 bridgehead atoms. The van der Waals surface area contributed by atoms with Crippen molar-refractivity contribution in [3.05, 3.63) is 35.9 Å². The van der Waals surface area contributed by atoms with E-state index >= 15 is 0 Å². The molecule has 0 saturated heterocycles. The molecule has 17 heavy (non-hydrogen) atoms. The SMILES string of the molecule is CCOC(NC(=O)c1ccccc1)C(=O)OC. The van der Waals surface area contributed by atoms with Crippen molar-refractivity contribution in [1.29, 1.82) is 0 Å². The van der Waals surface area contributed by atoms with Crippen LogP contribution in [0.1, 0.15) is 17.3 Å². The summed E-state index contributed by atoms with van der Waals surface area (Å²) in [7, 11) is 1.24. The van der Waals surface area contributed by atoms with E-state index in [1.165, 1.54) is 7.11 Å². The maximum Gasteiger partial charge on any atom is 0.356 e. The number of benzene rings is 1. The summed E-state index contributed by atoms with van der Waals surface area (Å²) in [5.41, 5.74) is 0.459. The number of hydrogen-bond donors (Lipinski definition) is 1. The fourth-order valence-electron chi connectivity index (χ4n) is 1.23. The number of carbonyl (C=O) groups is 2. The van der Waals surface area contributed by atoms with Crippen LogP contribution in [-0.2, 0) is 14.3 Å². The molecule has 1 aromatic carbocycles. The topological polar surface area (TPSA) is 64.6 Å². The molecule has 5 heteroatoms. The maximum absolute atomic E-state index is 11.8. The first-order valence-electron chi connectivity index (χ1n) is 5.24. The van der Waals surface area contributed by atoms with Crippen molar-refractivity contribution < 1.29 is 19.1 Å². The average molecular weight is 237 g/mol. The predicted octanol–water partition coefficient (Wildman–Crippen LogP) is 0.952. The van der Waals surface area contributed by atoms with Gasteiger partial charge in [0.15, 0.2) is 0 Å². The quantitative estimate of drug-likeness (QED) is 0.611. The molecule has 0 radical (unpaired) electrons. The van der Waals surface area contributed by atoms with Crippen LogP contribution < -0.4 is 5.32 Å². The Kier molecular flexibility index (Phi) is 5.16. The maximum atomic E-state index is 11.8. The van der Waals surface area contributed by atoms with Crippen LogP contribution in [0, 0.1) is 0 Å².